The topological polar surface area (TPSA) is 101 Å². The molecule has 8 heteroatoms. The van der Waals surface area contributed by atoms with Gasteiger partial charge >= 0.3 is 12.1 Å². The van der Waals surface area contributed by atoms with Gasteiger partial charge in [0.1, 0.15) is 5.60 Å². The fraction of sp³-hybridized carbons (Fsp3) is 0.833. The Hall–Kier alpha value is -1.31. The summed E-state index contributed by atoms with van der Waals surface area (Å²) >= 11 is 0. The van der Waals surface area contributed by atoms with Gasteiger partial charge in [-0.25, -0.2) is 13.2 Å². The number of hydrogen-bond donors (Lipinski definition) is 1. The van der Waals surface area contributed by atoms with Gasteiger partial charge in [0.05, 0.1) is 5.75 Å². The van der Waals surface area contributed by atoms with Crippen molar-refractivity contribution in [2.24, 2.45) is 11.8 Å². The summed E-state index contributed by atoms with van der Waals surface area (Å²) in [7, 11) is -3.61. The zero-order valence-electron chi connectivity index (χ0n) is 11.7. The number of aliphatic carboxylic acids is 1. The van der Waals surface area contributed by atoms with E-state index in [4.69, 9.17) is 9.84 Å². The standard InChI is InChI=1S/C12H19NO6S/c1-12(2,3)19-11(16)13-4-7-6-20(17,18)9(10(14)15)8(7)5-13/h7-9H,4-6H2,1-3H3,(H,14,15). The first-order chi connectivity index (χ1) is 9.01. The molecule has 2 rings (SSSR count). The quantitative estimate of drug-likeness (QED) is 0.750. The zero-order chi connectivity index (χ0) is 15.3. The van der Waals surface area contributed by atoms with Crippen LogP contribution in [0.3, 0.4) is 0 Å². The fourth-order valence-corrected chi connectivity index (χ4v) is 5.20. The lowest BCUT2D eigenvalue weighted by Crippen LogP contribution is -2.39. The third kappa shape index (κ3) is 2.74. The van der Waals surface area contributed by atoms with Crippen molar-refractivity contribution in [2.75, 3.05) is 18.8 Å². The number of fused-ring (bicyclic) bond motifs is 1. The van der Waals surface area contributed by atoms with Crippen molar-refractivity contribution >= 4 is 21.9 Å². The molecule has 2 aliphatic heterocycles. The summed E-state index contributed by atoms with van der Waals surface area (Å²) < 4.78 is 28.8. The molecule has 0 bridgehead atoms. The molecule has 2 fully saturated rings. The first-order valence-electron chi connectivity index (χ1n) is 6.43. The van der Waals surface area contributed by atoms with Crippen molar-refractivity contribution in [3.05, 3.63) is 0 Å². The molecule has 2 heterocycles. The summed E-state index contributed by atoms with van der Waals surface area (Å²) in [5.41, 5.74) is -0.632. The van der Waals surface area contributed by atoms with Crippen LogP contribution < -0.4 is 0 Å². The molecule has 114 valence electrons. The molecule has 3 atom stereocenters. The minimum atomic E-state index is -3.61. The number of amides is 1. The van der Waals surface area contributed by atoms with E-state index in [0.29, 0.717) is 0 Å². The summed E-state index contributed by atoms with van der Waals surface area (Å²) in [6.07, 6.45) is -0.520. The third-order valence-corrected chi connectivity index (χ3v) is 5.83. The van der Waals surface area contributed by atoms with Gasteiger partial charge in [-0.2, -0.15) is 0 Å². The van der Waals surface area contributed by atoms with Crippen LogP contribution in [0.4, 0.5) is 4.79 Å². The van der Waals surface area contributed by atoms with Gasteiger partial charge in [0.15, 0.2) is 15.1 Å². The van der Waals surface area contributed by atoms with Crippen LogP contribution in [-0.4, -0.2) is 60.2 Å². The molecule has 0 aliphatic carbocycles. The number of carbonyl (C=O) groups excluding carboxylic acids is 1. The Morgan fingerprint density at radius 3 is 2.35 bits per heavy atom. The molecular weight excluding hydrogens is 286 g/mol. The van der Waals surface area contributed by atoms with Gasteiger partial charge in [0.25, 0.3) is 0 Å². The van der Waals surface area contributed by atoms with E-state index in [1.54, 1.807) is 20.8 Å². The number of hydrogen-bond acceptors (Lipinski definition) is 5. The molecule has 0 aromatic rings. The average molecular weight is 305 g/mol. The molecule has 1 amide bonds. The second kappa shape index (κ2) is 4.61. The molecule has 0 spiro atoms. The van der Waals surface area contributed by atoms with Crippen LogP contribution in [0.2, 0.25) is 0 Å². The highest BCUT2D eigenvalue weighted by Gasteiger charge is 2.55. The molecule has 7 nitrogen and oxygen atoms in total. The summed E-state index contributed by atoms with van der Waals surface area (Å²) in [5, 5.41) is 7.69. The second-order valence-electron chi connectivity index (χ2n) is 6.40. The monoisotopic (exact) mass is 305 g/mol. The molecule has 3 unspecified atom stereocenters. The number of carboxylic acid groups (broad SMARTS) is 1. The maximum Gasteiger partial charge on any atom is 0.410 e. The predicted octanol–water partition coefficient (Wildman–Crippen LogP) is 0.351. The van der Waals surface area contributed by atoms with Crippen LogP contribution in [-0.2, 0) is 19.4 Å². The lowest BCUT2D eigenvalue weighted by atomic mass is 9.95. The van der Waals surface area contributed by atoms with Gasteiger partial charge in [-0.3, -0.25) is 4.79 Å². The Kier molecular flexibility index (Phi) is 3.48. The van der Waals surface area contributed by atoms with E-state index in [1.807, 2.05) is 0 Å². The number of carbonyl (C=O) groups is 2. The Morgan fingerprint density at radius 1 is 1.25 bits per heavy atom. The molecule has 0 radical (unpaired) electrons. The van der Waals surface area contributed by atoms with E-state index in [1.165, 1.54) is 4.90 Å². The molecule has 20 heavy (non-hydrogen) atoms. The van der Waals surface area contributed by atoms with Gasteiger partial charge < -0.3 is 14.7 Å². The average Bonchev–Trinajstić information content (AvgIpc) is 2.66. The lowest BCUT2D eigenvalue weighted by molar-refractivity contribution is -0.137. The molecule has 0 aromatic carbocycles. The van der Waals surface area contributed by atoms with E-state index in [-0.39, 0.29) is 24.8 Å². The van der Waals surface area contributed by atoms with Crippen molar-refractivity contribution in [1.82, 2.24) is 4.90 Å². The summed E-state index contributed by atoms with van der Waals surface area (Å²) in [6, 6.07) is 0. The highest BCUT2D eigenvalue weighted by Crippen LogP contribution is 2.38. The van der Waals surface area contributed by atoms with E-state index < -0.39 is 38.7 Å². The Morgan fingerprint density at radius 2 is 1.85 bits per heavy atom. The van der Waals surface area contributed by atoms with Gasteiger partial charge in [0.2, 0.25) is 0 Å². The first-order valence-corrected chi connectivity index (χ1v) is 8.15. The normalized spacial score (nSPS) is 31.9. The predicted molar refractivity (Wildman–Crippen MR) is 70.0 cm³/mol. The zero-order valence-corrected chi connectivity index (χ0v) is 12.5. The minimum Gasteiger partial charge on any atom is -0.480 e. The van der Waals surface area contributed by atoms with Gasteiger partial charge in [0, 0.05) is 19.0 Å². The lowest BCUT2D eigenvalue weighted by Gasteiger charge is -2.25. The van der Waals surface area contributed by atoms with Crippen LogP contribution in [0.15, 0.2) is 0 Å². The molecule has 2 saturated heterocycles. The third-order valence-electron chi connectivity index (χ3n) is 3.61. The number of nitrogens with zero attached hydrogens (tertiary/aromatic N) is 1. The molecule has 2 aliphatic rings. The highest BCUT2D eigenvalue weighted by atomic mass is 32.2. The Balaban J connectivity index is 2.11. The van der Waals surface area contributed by atoms with Crippen molar-refractivity contribution in [1.29, 1.82) is 0 Å². The molecular formula is C12H19NO6S. The van der Waals surface area contributed by atoms with Crippen LogP contribution in [0.5, 0.6) is 0 Å². The number of sulfone groups is 1. The summed E-state index contributed by atoms with van der Waals surface area (Å²) in [6.45, 7) is 5.59. The number of carboxylic acids is 1. The molecule has 0 aromatic heterocycles. The summed E-state index contributed by atoms with van der Waals surface area (Å²) in [5.74, 6) is -2.35. The number of likely N-dealkylation sites (tertiary alicyclic amines) is 1. The second-order valence-corrected chi connectivity index (χ2v) is 8.56. The fourth-order valence-electron chi connectivity index (χ4n) is 2.90. The van der Waals surface area contributed by atoms with Crippen molar-refractivity contribution < 1.29 is 27.9 Å². The summed E-state index contributed by atoms with van der Waals surface area (Å²) in [4.78, 5) is 24.5. The number of ether oxygens (including phenoxy) is 1. The smallest absolute Gasteiger partial charge is 0.410 e. The minimum absolute atomic E-state index is 0.121. The van der Waals surface area contributed by atoms with E-state index in [0.717, 1.165) is 0 Å². The largest absolute Gasteiger partial charge is 0.480 e. The van der Waals surface area contributed by atoms with Crippen LogP contribution >= 0.6 is 0 Å². The van der Waals surface area contributed by atoms with E-state index in [2.05, 4.69) is 0 Å². The van der Waals surface area contributed by atoms with Crippen molar-refractivity contribution in [2.45, 2.75) is 31.6 Å². The van der Waals surface area contributed by atoms with E-state index >= 15 is 0 Å². The SMILES string of the molecule is CC(C)(C)OC(=O)N1CC2CS(=O)(=O)C(C(=O)O)C2C1. The first kappa shape index (κ1) is 15.1. The number of rotatable bonds is 1. The van der Waals surface area contributed by atoms with Crippen molar-refractivity contribution in [3.63, 3.8) is 0 Å². The van der Waals surface area contributed by atoms with Crippen LogP contribution in [0.25, 0.3) is 0 Å². The van der Waals surface area contributed by atoms with Crippen LogP contribution in [0, 0.1) is 11.8 Å². The molecule has 0 saturated carbocycles. The van der Waals surface area contributed by atoms with E-state index in [9.17, 15) is 18.0 Å². The van der Waals surface area contributed by atoms with Crippen LogP contribution in [0.1, 0.15) is 20.8 Å². The maximum atomic E-state index is 11.9. The van der Waals surface area contributed by atoms with Gasteiger partial charge in [-0.1, -0.05) is 0 Å². The van der Waals surface area contributed by atoms with Crippen molar-refractivity contribution in [3.8, 4) is 0 Å². The Labute approximate surface area is 117 Å². The maximum absolute atomic E-state index is 11.9. The molecule has 1 N–H and O–H groups in total. The Bertz CT molecular complexity index is 535. The highest BCUT2D eigenvalue weighted by molar-refractivity contribution is 7.93. The van der Waals surface area contributed by atoms with Gasteiger partial charge in [-0.05, 0) is 26.7 Å². The van der Waals surface area contributed by atoms with Gasteiger partial charge in [-0.15, -0.1) is 0 Å².